The van der Waals surface area contributed by atoms with Crippen LogP contribution >= 0.6 is 0 Å². The van der Waals surface area contributed by atoms with Crippen molar-refractivity contribution in [3.05, 3.63) is 65.0 Å². The highest BCUT2D eigenvalue weighted by Gasteiger charge is 2.46. The summed E-state index contributed by atoms with van der Waals surface area (Å²) < 4.78 is 5.50. The number of aliphatic hydroxyl groups excluding tert-OH is 1. The Balaban J connectivity index is 2.18. The Labute approximate surface area is 195 Å². The number of aliphatic hydroxyl groups is 1. The number of nitrogens with zero attached hydrogens (tertiary/aromatic N) is 3. The van der Waals surface area contributed by atoms with E-state index in [0.29, 0.717) is 24.3 Å². The fraction of sp³-hybridized carbons (Fsp3) is 0.423. The Morgan fingerprint density at radius 3 is 2.39 bits per heavy atom. The molecule has 2 aromatic rings. The lowest BCUT2D eigenvalue weighted by molar-refractivity contribution is -0.139. The molecule has 0 radical (unpaired) electrons. The number of methoxy groups -OCH3 is 1. The molecule has 33 heavy (non-hydrogen) atoms. The van der Waals surface area contributed by atoms with Gasteiger partial charge in [0.05, 0.1) is 24.3 Å². The van der Waals surface area contributed by atoms with Crippen LogP contribution in [-0.2, 0) is 15.0 Å². The highest BCUT2D eigenvalue weighted by atomic mass is 16.5. The smallest absolute Gasteiger partial charge is 0.295 e. The zero-order valence-electron chi connectivity index (χ0n) is 20.3. The number of rotatable bonds is 7. The van der Waals surface area contributed by atoms with Crippen molar-refractivity contribution in [2.24, 2.45) is 0 Å². The second-order valence-corrected chi connectivity index (χ2v) is 9.59. The van der Waals surface area contributed by atoms with Gasteiger partial charge in [-0.1, -0.05) is 26.8 Å². The van der Waals surface area contributed by atoms with Crippen LogP contribution in [0.25, 0.3) is 5.76 Å². The number of amides is 1. The number of carbonyl (C=O) groups excluding carboxylic acids is 2. The number of aromatic nitrogens is 1. The molecular formula is C26H33N3O4. The van der Waals surface area contributed by atoms with Crippen LogP contribution in [-0.4, -0.2) is 65.9 Å². The number of Topliss-reactive ketones (excluding diaryl/α,β-unsaturated/α-hetero) is 1. The summed E-state index contributed by atoms with van der Waals surface area (Å²) in [5.41, 5.74) is 1.99. The topological polar surface area (TPSA) is 83.0 Å². The second-order valence-electron chi connectivity index (χ2n) is 9.59. The van der Waals surface area contributed by atoms with Gasteiger partial charge < -0.3 is 19.6 Å². The average Bonchev–Trinajstić information content (AvgIpc) is 3.03. The predicted molar refractivity (Wildman–Crippen MR) is 128 cm³/mol. The van der Waals surface area contributed by atoms with E-state index in [-0.39, 0.29) is 16.7 Å². The van der Waals surface area contributed by atoms with Crippen molar-refractivity contribution in [2.75, 3.05) is 34.3 Å². The third kappa shape index (κ3) is 5.09. The summed E-state index contributed by atoms with van der Waals surface area (Å²) in [5, 5.41) is 11.4. The van der Waals surface area contributed by atoms with Crippen LogP contribution in [0.15, 0.2) is 48.3 Å². The van der Waals surface area contributed by atoms with Gasteiger partial charge in [0, 0.05) is 18.9 Å². The Hall–Kier alpha value is -3.19. The minimum absolute atomic E-state index is 0.0698. The first kappa shape index (κ1) is 24.5. The lowest BCUT2D eigenvalue weighted by Gasteiger charge is -2.26. The van der Waals surface area contributed by atoms with Gasteiger partial charge in [-0.25, -0.2) is 0 Å². The van der Waals surface area contributed by atoms with Crippen molar-refractivity contribution in [1.82, 2.24) is 14.8 Å². The molecule has 1 unspecified atom stereocenters. The number of benzene rings is 1. The third-order valence-electron chi connectivity index (χ3n) is 5.89. The van der Waals surface area contributed by atoms with Gasteiger partial charge in [0.2, 0.25) is 0 Å². The highest BCUT2D eigenvalue weighted by molar-refractivity contribution is 6.46. The van der Waals surface area contributed by atoms with Crippen molar-refractivity contribution < 1.29 is 19.4 Å². The Bertz CT molecular complexity index is 1050. The summed E-state index contributed by atoms with van der Waals surface area (Å²) >= 11 is 0. The normalized spacial score (nSPS) is 18.3. The van der Waals surface area contributed by atoms with Crippen molar-refractivity contribution in [3.8, 4) is 5.75 Å². The minimum Gasteiger partial charge on any atom is -0.507 e. The number of hydrogen-bond donors (Lipinski definition) is 1. The van der Waals surface area contributed by atoms with E-state index >= 15 is 0 Å². The molecule has 1 fully saturated rings. The fourth-order valence-corrected chi connectivity index (χ4v) is 4.06. The molecule has 1 amide bonds. The number of pyridine rings is 1. The van der Waals surface area contributed by atoms with E-state index in [2.05, 4.69) is 25.8 Å². The molecule has 1 saturated heterocycles. The molecule has 1 N–H and O–H groups in total. The van der Waals surface area contributed by atoms with Gasteiger partial charge in [-0.3, -0.25) is 14.6 Å². The number of ketones is 1. The van der Waals surface area contributed by atoms with E-state index in [1.165, 1.54) is 7.11 Å². The van der Waals surface area contributed by atoms with Crippen molar-refractivity contribution in [3.63, 3.8) is 0 Å². The van der Waals surface area contributed by atoms with Crippen molar-refractivity contribution in [2.45, 2.75) is 38.6 Å². The molecule has 1 atom stereocenters. The van der Waals surface area contributed by atoms with Gasteiger partial charge in [-0.2, -0.15) is 0 Å². The molecule has 0 bridgehead atoms. The number of ether oxygens (including phenoxy) is 1. The van der Waals surface area contributed by atoms with E-state index in [9.17, 15) is 14.7 Å². The molecular weight excluding hydrogens is 418 g/mol. The largest absolute Gasteiger partial charge is 0.507 e. The summed E-state index contributed by atoms with van der Waals surface area (Å²) in [6.45, 7) is 7.37. The van der Waals surface area contributed by atoms with Gasteiger partial charge >= 0.3 is 0 Å². The summed E-state index contributed by atoms with van der Waals surface area (Å²) in [7, 11) is 5.44. The summed E-state index contributed by atoms with van der Waals surface area (Å²) in [5.74, 6) is -1.09. The molecule has 1 aromatic heterocycles. The number of carbonyl (C=O) groups is 2. The van der Waals surface area contributed by atoms with Gasteiger partial charge in [-0.15, -0.1) is 0 Å². The van der Waals surface area contributed by atoms with Crippen LogP contribution in [0.4, 0.5) is 0 Å². The summed E-state index contributed by atoms with van der Waals surface area (Å²) in [6, 6.07) is 8.40. The predicted octanol–water partition coefficient (Wildman–Crippen LogP) is 3.76. The first-order valence-corrected chi connectivity index (χ1v) is 11.1. The molecule has 2 heterocycles. The molecule has 7 nitrogen and oxygen atoms in total. The Morgan fingerprint density at radius 2 is 1.82 bits per heavy atom. The van der Waals surface area contributed by atoms with E-state index in [1.807, 2.05) is 31.1 Å². The van der Waals surface area contributed by atoms with E-state index in [0.717, 1.165) is 17.7 Å². The zero-order valence-corrected chi connectivity index (χ0v) is 20.3. The molecule has 1 aromatic carbocycles. The van der Waals surface area contributed by atoms with Crippen molar-refractivity contribution >= 4 is 17.4 Å². The van der Waals surface area contributed by atoms with E-state index in [4.69, 9.17) is 4.74 Å². The standard InChI is InChI=1S/C26H33N3O4/c1-26(2,3)18-8-9-20(33-6)19(16-18)23(30)21-22(17-10-12-27-13-11-17)29(25(32)24(21)31)15-7-14-28(4)5/h8-13,16,22,30H,7,14-15H2,1-6H3/b23-21+. The summed E-state index contributed by atoms with van der Waals surface area (Å²) in [4.78, 5) is 33.9. The maximum Gasteiger partial charge on any atom is 0.295 e. The first-order chi connectivity index (χ1) is 15.6. The maximum absolute atomic E-state index is 13.2. The molecule has 0 spiro atoms. The molecule has 0 aliphatic carbocycles. The Kier molecular flexibility index (Phi) is 7.22. The highest BCUT2D eigenvalue weighted by Crippen LogP contribution is 2.41. The van der Waals surface area contributed by atoms with E-state index in [1.54, 1.807) is 35.5 Å². The van der Waals surface area contributed by atoms with Gasteiger partial charge in [0.25, 0.3) is 11.7 Å². The molecule has 3 rings (SSSR count). The SMILES string of the molecule is COc1ccc(C(C)(C)C)cc1/C(O)=C1\C(=O)C(=O)N(CCCN(C)C)C1c1ccncc1. The maximum atomic E-state index is 13.2. The lowest BCUT2D eigenvalue weighted by atomic mass is 9.85. The van der Waals surface area contributed by atoms with Crippen LogP contribution < -0.4 is 4.74 Å². The Morgan fingerprint density at radius 1 is 1.15 bits per heavy atom. The number of likely N-dealkylation sites (tertiary alicyclic amines) is 1. The van der Waals surface area contributed by atoms with Gasteiger partial charge in [0.1, 0.15) is 11.5 Å². The molecule has 7 heteroatoms. The van der Waals surface area contributed by atoms with Gasteiger partial charge in [0.15, 0.2) is 0 Å². The van der Waals surface area contributed by atoms with Crippen LogP contribution in [0.1, 0.15) is 49.9 Å². The molecule has 1 aliphatic rings. The second kappa shape index (κ2) is 9.75. The van der Waals surface area contributed by atoms with Crippen LogP contribution in [0.3, 0.4) is 0 Å². The van der Waals surface area contributed by atoms with Crippen LogP contribution in [0.2, 0.25) is 0 Å². The van der Waals surface area contributed by atoms with Crippen molar-refractivity contribution in [1.29, 1.82) is 0 Å². The average molecular weight is 452 g/mol. The molecule has 1 aliphatic heterocycles. The molecule has 0 saturated carbocycles. The first-order valence-electron chi connectivity index (χ1n) is 11.1. The zero-order chi connectivity index (χ0) is 24.3. The van der Waals surface area contributed by atoms with Crippen LogP contribution in [0, 0.1) is 0 Å². The van der Waals surface area contributed by atoms with Crippen LogP contribution in [0.5, 0.6) is 5.75 Å². The number of hydrogen-bond acceptors (Lipinski definition) is 6. The minimum atomic E-state index is -0.696. The third-order valence-corrected chi connectivity index (χ3v) is 5.89. The quantitative estimate of drug-likeness (QED) is 0.392. The monoisotopic (exact) mass is 451 g/mol. The molecule has 176 valence electrons. The summed E-state index contributed by atoms with van der Waals surface area (Å²) in [6.07, 6.45) is 3.94. The lowest BCUT2D eigenvalue weighted by Crippen LogP contribution is -2.32. The van der Waals surface area contributed by atoms with E-state index < -0.39 is 17.7 Å². The van der Waals surface area contributed by atoms with Gasteiger partial charge in [-0.05, 0) is 67.9 Å². The fourth-order valence-electron chi connectivity index (χ4n) is 4.06.